The molecule has 0 aliphatic heterocycles. The SMILES string of the molecule is CCC(N)C(C)(CC(=O)O)NC(=O)OCC1c2ccccc2-c2ccccc21. The highest BCUT2D eigenvalue weighted by Crippen LogP contribution is 2.44. The highest BCUT2D eigenvalue weighted by atomic mass is 16.5. The number of nitrogens with one attached hydrogen (secondary N) is 1. The van der Waals surface area contributed by atoms with Gasteiger partial charge in [0.15, 0.2) is 0 Å². The highest BCUT2D eigenvalue weighted by Gasteiger charge is 2.36. The third-order valence-corrected chi connectivity index (χ3v) is 5.51. The number of alkyl carbamates (subject to hydrolysis) is 1. The lowest BCUT2D eigenvalue weighted by Gasteiger charge is -2.34. The number of rotatable bonds is 7. The van der Waals surface area contributed by atoms with Gasteiger partial charge in [-0.3, -0.25) is 4.79 Å². The first-order valence-electron chi connectivity index (χ1n) is 9.46. The van der Waals surface area contributed by atoms with Gasteiger partial charge in [0.05, 0.1) is 12.0 Å². The molecule has 1 aliphatic rings. The predicted octanol–water partition coefficient (Wildman–Crippen LogP) is 3.50. The molecule has 0 fully saturated rings. The molecular formula is C22H26N2O4. The van der Waals surface area contributed by atoms with Crippen molar-refractivity contribution < 1.29 is 19.4 Å². The molecule has 0 spiro atoms. The van der Waals surface area contributed by atoms with Gasteiger partial charge in [0.1, 0.15) is 6.61 Å². The van der Waals surface area contributed by atoms with Crippen molar-refractivity contribution in [3.63, 3.8) is 0 Å². The van der Waals surface area contributed by atoms with Crippen molar-refractivity contribution in [1.29, 1.82) is 0 Å². The van der Waals surface area contributed by atoms with Crippen LogP contribution < -0.4 is 11.1 Å². The fourth-order valence-electron chi connectivity index (χ4n) is 3.90. The van der Waals surface area contributed by atoms with Gasteiger partial charge >= 0.3 is 12.1 Å². The Morgan fingerprint density at radius 3 is 2.18 bits per heavy atom. The summed E-state index contributed by atoms with van der Waals surface area (Å²) >= 11 is 0. The minimum atomic E-state index is -1.08. The summed E-state index contributed by atoms with van der Waals surface area (Å²) in [6.45, 7) is 3.66. The van der Waals surface area contributed by atoms with Crippen molar-refractivity contribution in [3.8, 4) is 11.1 Å². The fraction of sp³-hybridized carbons (Fsp3) is 0.364. The average Bonchev–Trinajstić information content (AvgIpc) is 2.99. The molecule has 0 heterocycles. The van der Waals surface area contributed by atoms with Crippen molar-refractivity contribution in [2.45, 2.75) is 44.2 Å². The van der Waals surface area contributed by atoms with E-state index in [-0.39, 0.29) is 18.9 Å². The second kappa shape index (κ2) is 8.02. The monoisotopic (exact) mass is 382 g/mol. The number of nitrogens with two attached hydrogens (primary N) is 1. The van der Waals surface area contributed by atoms with Gasteiger partial charge in [0.2, 0.25) is 0 Å². The summed E-state index contributed by atoms with van der Waals surface area (Å²) in [5.41, 5.74) is 9.52. The first kappa shape index (κ1) is 19.9. The van der Waals surface area contributed by atoms with Crippen LogP contribution in [0.15, 0.2) is 48.5 Å². The Morgan fingerprint density at radius 1 is 1.14 bits per heavy atom. The average molecular weight is 382 g/mol. The van der Waals surface area contributed by atoms with Gasteiger partial charge in [0, 0.05) is 12.0 Å². The van der Waals surface area contributed by atoms with Gasteiger partial charge in [-0.1, -0.05) is 55.5 Å². The normalized spacial score (nSPS) is 15.8. The number of carbonyl (C=O) groups is 2. The van der Waals surface area contributed by atoms with Crippen molar-refractivity contribution in [2.75, 3.05) is 6.61 Å². The van der Waals surface area contributed by atoms with Gasteiger partial charge in [-0.05, 0) is 35.6 Å². The van der Waals surface area contributed by atoms with Crippen molar-refractivity contribution in [3.05, 3.63) is 59.7 Å². The number of ether oxygens (including phenoxy) is 1. The van der Waals surface area contributed by atoms with E-state index in [0.29, 0.717) is 6.42 Å². The number of aliphatic carboxylic acids is 1. The van der Waals surface area contributed by atoms with Gasteiger partial charge in [-0.15, -0.1) is 0 Å². The molecule has 0 saturated carbocycles. The second-order valence-corrected chi connectivity index (χ2v) is 7.45. The van der Waals surface area contributed by atoms with Crippen LogP contribution in [0.25, 0.3) is 11.1 Å². The molecule has 4 N–H and O–H groups in total. The number of amides is 1. The zero-order valence-corrected chi connectivity index (χ0v) is 16.1. The molecule has 28 heavy (non-hydrogen) atoms. The summed E-state index contributed by atoms with van der Waals surface area (Å²) < 4.78 is 5.51. The molecule has 2 aromatic rings. The molecule has 1 amide bonds. The Morgan fingerprint density at radius 2 is 1.68 bits per heavy atom. The van der Waals surface area contributed by atoms with Crippen LogP contribution in [0.5, 0.6) is 0 Å². The Balaban J connectivity index is 1.73. The van der Waals surface area contributed by atoms with Gasteiger partial charge in [0.25, 0.3) is 0 Å². The van der Waals surface area contributed by atoms with Crippen LogP contribution in [0.1, 0.15) is 43.7 Å². The fourth-order valence-corrected chi connectivity index (χ4v) is 3.90. The van der Waals surface area contributed by atoms with E-state index in [2.05, 4.69) is 17.4 Å². The molecule has 2 unspecified atom stereocenters. The van der Waals surface area contributed by atoms with E-state index in [4.69, 9.17) is 10.5 Å². The smallest absolute Gasteiger partial charge is 0.407 e. The van der Waals surface area contributed by atoms with E-state index in [9.17, 15) is 14.7 Å². The van der Waals surface area contributed by atoms with Crippen LogP contribution in [-0.2, 0) is 9.53 Å². The Hall–Kier alpha value is -2.86. The van der Waals surface area contributed by atoms with Crippen LogP contribution in [0.4, 0.5) is 4.79 Å². The maximum absolute atomic E-state index is 12.5. The zero-order chi connectivity index (χ0) is 20.3. The van der Waals surface area contributed by atoms with Crippen molar-refractivity contribution in [2.24, 2.45) is 5.73 Å². The minimum absolute atomic E-state index is 0.0521. The maximum Gasteiger partial charge on any atom is 0.407 e. The lowest BCUT2D eigenvalue weighted by molar-refractivity contribution is -0.138. The molecule has 3 rings (SSSR count). The molecule has 0 saturated heterocycles. The van der Waals surface area contributed by atoms with Crippen LogP contribution >= 0.6 is 0 Å². The second-order valence-electron chi connectivity index (χ2n) is 7.45. The van der Waals surface area contributed by atoms with E-state index < -0.39 is 23.6 Å². The van der Waals surface area contributed by atoms with Gasteiger partial charge in [-0.25, -0.2) is 4.79 Å². The molecule has 6 heteroatoms. The third kappa shape index (κ3) is 3.87. The van der Waals surface area contributed by atoms with Gasteiger partial charge in [-0.2, -0.15) is 0 Å². The maximum atomic E-state index is 12.5. The lowest BCUT2D eigenvalue weighted by atomic mass is 9.87. The molecule has 2 atom stereocenters. The standard InChI is InChI=1S/C22H26N2O4/c1-3-19(23)22(2,12-20(25)26)24-21(27)28-13-18-16-10-6-4-8-14(16)15-9-5-7-11-17(15)18/h4-11,18-19H,3,12-13,23H2,1-2H3,(H,24,27)(H,25,26). The highest BCUT2D eigenvalue weighted by molar-refractivity contribution is 5.79. The summed E-state index contributed by atoms with van der Waals surface area (Å²) in [7, 11) is 0. The number of carboxylic acids is 1. The van der Waals surface area contributed by atoms with E-state index in [1.807, 2.05) is 43.3 Å². The van der Waals surface area contributed by atoms with Gasteiger partial charge < -0.3 is 20.9 Å². The number of carboxylic acid groups (broad SMARTS) is 1. The summed E-state index contributed by atoms with van der Waals surface area (Å²) in [5, 5.41) is 11.9. The van der Waals surface area contributed by atoms with E-state index in [1.54, 1.807) is 6.92 Å². The lowest BCUT2D eigenvalue weighted by Crippen LogP contribution is -2.59. The van der Waals surface area contributed by atoms with Crippen LogP contribution in [0.2, 0.25) is 0 Å². The van der Waals surface area contributed by atoms with Crippen molar-refractivity contribution in [1.82, 2.24) is 5.32 Å². The molecule has 148 valence electrons. The summed E-state index contributed by atoms with van der Waals surface area (Å²) in [6.07, 6.45) is -0.394. The van der Waals surface area contributed by atoms with E-state index >= 15 is 0 Å². The molecular weight excluding hydrogens is 356 g/mol. The largest absolute Gasteiger partial charge is 0.481 e. The number of fused-ring (bicyclic) bond motifs is 3. The summed E-state index contributed by atoms with van der Waals surface area (Å²) in [5.74, 6) is -1.07. The quantitative estimate of drug-likeness (QED) is 0.680. The van der Waals surface area contributed by atoms with Crippen LogP contribution in [0, 0.1) is 0 Å². The van der Waals surface area contributed by atoms with Crippen molar-refractivity contribution >= 4 is 12.1 Å². The number of hydrogen-bond acceptors (Lipinski definition) is 4. The van der Waals surface area contributed by atoms with Crippen LogP contribution in [0.3, 0.4) is 0 Å². The Kier molecular flexibility index (Phi) is 5.70. The molecule has 2 aromatic carbocycles. The summed E-state index contributed by atoms with van der Waals surface area (Å²) in [4.78, 5) is 23.7. The molecule has 0 bridgehead atoms. The van der Waals surface area contributed by atoms with E-state index in [0.717, 1.165) is 22.3 Å². The molecule has 1 aliphatic carbocycles. The number of carbonyl (C=O) groups excluding carboxylic acids is 1. The number of hydrogen-bond donors (Lipinski definition) is 3. The Labute approximate surface area is 164 Å². The first-order valence-corrected chi connectivity index (χ1v) is 9.46. The van der Waals surface area contributed by atoms with Crippen LogP contribution in [-0.4, -0.2) is 35.4 Å². The molecule has 6 nitrogen and oxygen atoms in total. The number of benzene rings is 2. The third-order valence-electron chi connectivity index (χ3n) is 5.51. The minimum Gasteiger partial charge on any atom is -0.481 e. The zero-order valence-electron chi connectivity index (χ0n) is 16.1. The summed E-state index contributed by atoms with van der Waals surface area (Å²) in [6, 6.07) is 15.7. The first-order chi connectivity index (χ1) is 13.4. The molecule has 0 radical (unpaired) electrons. The Bertz CT molecular complexity index is 837. The predicted molar refractivity (Wildman–Crippen MR) is 107 cm³/mol. The topological polar surface area (TPSA) is 102 Å². The molecule has 0 aromatic heterocycles. The van der Waals surface area contributed by atoms with E-state index in [1.165, 1.54) is 0 Å².